The molecule has 0 unspecified atom stereocenters. The Kier molecular flexibility index (Phi) is 2.52. The average Bonchev–Trinajstić information content (AvgIpc) is 2.32. The normalized spacial score (nSPS) is 14.1. The maximum absolute atomic E-state index is 11.4. The van der Waals surface area contributed by atoms with Crippen molar-refractivity contribution in [3.05, 3.63) is 29.3 Å². The van der Waals surface area contributed by atoms with Crippen molar-refractivity contribution in [2.45, 2.75) is 6.54 Å². The molecule has 0 fully saturated rings. The molecular formula is C11H12N2O3. The lowest BCUT2D eigenvalue weighted by Gasteiger charge is -2.26. The van der Waals surface area contributed by atoms with Crippen LogP contribution in [0, 0.1) is 0 Å². The number of ether oxygens (including phenoxy) is 1. The Bertz CT molecular complexity index is 457. The molecule has 0 radical (unpaired) electrons. The maximum atomic E-state index is 11.4. The molecule has 0 aromatic heterocycles. The summed E-state index contributed by atoms with van der Waals surface area (Å²) in [5, 5.41) is 2.71. The van der Waals surface area contributed by atoms with Gasteiger partial charge in [0.2, 0.25) is 0 Å². The first-order valence-electron chi connectivity index (χ1n) is 4.86. The molecule has 0 saturated carbocycles. The lowest BCUT2D eigenvalue weighted by molar-refractivity contribution is 0.0600. The molecule has 1 aliphatic heterocycles. The van der Waals surface area contributed by atoms with Crippen molar-refractivity contribution in [2.75, 3.05) is 19.1 Å². The highest BCUT2D eigenvalue weighted by Gasteiger charge is 2.21. The number of hydrogen-bond acceptors (Lipinski definition) is 3. The number of fused-ring (bicyclic) bond motifs is 1. The number of nitrogens with zero attached hydrogens (tertiary/aromatic N) is 1. The van der Waals surface area contributed by atoms with Gasteiger partial charge >= 0.3 is 12.0 Å². The van der Waals surface area contributed by atoms with Gasteiger partial charge in [-0.2, -0.15) is 0 Å². The van der Waals surface area contributed by atoms with E-state index in [1.54, 1.807) is 25.2 Å². The molecule has 1 aromatic carbocycles. The number of carbonyl (C=O) groups is 2. The summed E-state index contributed by atoms with van der Waals surface area (Å²) in [5.74, 6) is -0.373. The highest BCUT2D eigenvalue weighted by atomic mass is 16.5. The quantitative estimate of drug-likeness (QED) is 0.722. The van der Waals surface area contributed by atoms with Gasteiger partial charge in [-0.1, -0.05) is 0 Å². The molecule has 0 saturated heterocycles. The SMILES string of the molecule is COC(=O)c1ccc2c(c1)CNC(=O)N2C. The number of amides is 2. The van der Waals surface area contributed by atoms with Crippen LogP contribution >= 0.6 is 0 Å². The Morgan fingerprint density at radius 2 is 2.25 bits per heavy atom. The number of rotatable bonds is 1. The lowest BCUT2D eigenvalue weighted by atomic mass is 10.1. The zero-order valence-corrected chi connectivity index (χ0v) is 9.11. The van der Waals surface area contributed by atoms with Crippen LogP contribution in [0.5, 0.6) is 0 Å². The lowest BCUT2D eigenvalue weighted by Crippen LogP contribution is -2.41. The van der Waals surface area contributed by atoms with Crippen molar-refractivity contribution >= 4 is 17.7 Å². The number of urea groups is 1. The molecule has 1 N–H and O–H groups in total. The zero-order valence-electron chi connectivity index (χ0n) is 9.11. The topological polar surface area (TPSA) is 58.6 Å². The summed E-state index contributed by atoms with van der Waals surface area (Å²) in [4.78, 5) is 24.2. The second-order valence-corrected chi connectivity index (χ2v) is 3.55. The summed E-state index contributed by atoms with van der Waals surface area (Å²) < 4.78 is 4.64. The Morgan fingerprint density at radius 3 is 2.94 bits per heavy atom. The van der Waals surface area contributed by atoms with Crippen molar-refractivity contribution in [3.8, 4) is 0 Å². The molecule has 1 heterocycles. The van der Waals surface area contributed by atoms with Crippen LogP contribution in [0.3, 0.4) is 0 Å². The third-order valence-electron chi connectivity index (χ3n) is 2.60. The molecule has 0 aliphatic carbocycles. The molecule has 5 nitrogen and oxygen atoms in total. The van der Waals surface area contributed by atoms with E-state index in [1.165, 1.54) is 12.0 Å². The molecule has 2 amide bonds. The van der Waals surface area contributed by atoms with Gasteiger partial charge in [-0.3, -0.25) is 4.90 Å². The highest BCUT2D eigenvalue weighted by molar-refractivity contribution is 5.96. The van der Waals surface area contributed by atoms with Gasteiger partial charge < -0.3 is 10.1 Å². The molecule has 0 spiro atoms. The first kappa shape index (κ1) is 10.5. The van der Waals surface area contributed by atoms with E-state index in [1.807, 2.05) is 0 Å². The molecular weight excluding hydrogens is 208 g/mol. The standard InChI is InChI=1S/C11H12N2O3/c1-13-9-4-3-7(10(14)16-2)5-8(9)6-12-11(13)15/h3-5H,6H2,1-2H3,(H,12,15). The van der Waals surface area contributed by atoms with E-state index in [2.05, 4.69) is 10.1 Å². The summed E-state index contributed by atoms with van der Waals surface area (Å²) in [6.45, 7) is 0.434. The van der Waals surface area contributed by atoms with Crippen molar-refractivity contribution < 1.29 is 14.3 Å². The minimum atomic E-state index is -0.373. The summed E-state index contributed by atoms with van der Waals surface area (Å²) in [6, 6.07) is 5.00. The van der Waals surface area contributed by atoms with Crippen molar-refractivity contribution in [1.29, 1.82) is 0 Å². The summed E-state index contributed by atoms with van der Waals surface area (Å²) >= 11 is 0. The van der Waals surface area contributed by atoms with E-state index in [0.717, 1.165) is 11.3 Å². The molecule has 2 rings (SSSR count). The minimum absolute atomic E-state index is 0.140. The van der Waals surface area contributed by atoms with Gasteiger partial charge in [0.05, 0.1) is 18.4 Å². The van der Waals surface area contributed by atoms with Gasteiger partial charge in [-0.05, 0) is 23.8 Å². The third kappa shape index (κ3) is 1.60. The predicted molar refractivity (Wildman–Crippen MR) is 58.4 cm³/mol. The monoisotopic (exact) mass is 220 g/mol. The predicted octanol–water partition coefficient (Wildman–Crippen LogP) is 1.13. The number of methoxy groups -OCH3 is 1. The van der Waals surface area contributed by atoms with Gasteiger partial charge in [-0.25, -0.2) is 9.59 Å². The highest BCUT2D eigenvalue weighted by Crippen LogP contribution is 2.24. The summed E-state index contributed by atoms with van der Waals surface area (Å²) in [7, 11) is 3.03. The van der Waals surface area contributed by atoms with E-state index < -0.39 is 0 Å². The Hall–Kier alpha value is -2.04. The van der Waals surface area contributed by atoms with Crippen LogP contribution in [0.4, 0.5) is 10.5 Å². The second kappa shape index (κ2) is 3.84. The number of hydrogen-bond donors (Lipinski definition) is 1. The molecule has 0 atom stereocenters. The van der Waals surface area contributed by atoms with Crippen LogP contribution in [0.1, 0.15) is 15.9 Å². The average molecular weight is 220 g/mol. The summed E-state index contributed by atoms with van der Waals surface area (Å²) in [5.41, 5.74) is 2.22. The van der Waals surface area contributed by atoms with Crippen LogP contribution in [0.15, 0.2) is 18.2 Å². The Balaban J connectivity index is 2.41. The van der Waals surface area contributed by atoms with Crippen LogP contribution in [0.2, 0.25) is 0 Å². The molecule has 1 aliphatic rings. The van der Waals surface area contributed by atoms with Crippen LogP contribution in [0.25, 0.3) is 0 Å². The number of nitrogens with one attached hydrogen (secondary N) is 1. The van der Waals surface area contributed by atoms with Gasteiger partial charge in [0.1, 0.15) is 0 Å². The largest absolute Gasteiger partial charge is 0.465 e. The maximum Gasteiger partial charge on any atom is 0.337 e. The van der Waals surface area contributed by atoms with Gasteiger partial charge in [0, 0.05) is 13.6 Å². The number of benzene rings is 1. The molecule has 84 valence electrons. The van der Waals surface area contributed by atoms with Gasteiger partial charge in [0.15, 0.2) is 0 Å². The third-order valence-corrected chi connectivity index (χ3v) is 2.60. The van der Waals surface area contributed by atoms with E-state index in [9.17, 15) is 9.59 Å². The van der Waals surface area contributed by atoms with Crippen molar-refractivity contribution in [3.63, 3.8) is 0 Å². The number of esters is 1. The number of carbonyl (C=O) groups excluding carboxylic acids is 2. The van der Waals surface area contributed by atoms with Gasteiger partial charge in [0.25, 0.3) is 0 Å². The smallest absolute Gasteiger partial charge is 0.337 e. The fourth-order valence-electron chi connectivity index (χ4n) is 1.70. The minimum Gasteiger partial charge on any atom is -0.465 e. The van der Waals surface area contributed by atoms with Crippen LogP contribution in [-0.4, -0.2) is 26.2 Å². The van der Waals surface area contributed by atoms with Gasteiger partial charge in [-0.15, -0.1) is 0 Å². The Labute approximate surface area is 93.0 Å². The van der Waals surface area contributed by atoms with E-state index >= 15 is 0 Å². The van der Waals surface area contributed by atoms with Crippen molar-refractivity contribution in [2.24, 2.45) is 0 Å². The molecule has 1 aromatic rings. The zero-order chi connectivity index (χ0) is 11.7. The number of anilines is 1. The van der Waals surface area contributed by atoms with Crippen molar-refractivity contribution in [1.82, 2.24) is 5.32 Å². The van der Waals surface area contributed by atoms with E-state index in [-0.39, 0.29) is 12.0 Å². The van der Waals surface area contributed by atoms with E-state index in [0.29, 0.717) is 12.1 Å². The van der Waals surface area contributed by atoms with E-state index in [4.69, 9.17) is 0 Å². The first-order valence-corrected chi connectivity index (χ1v) is 4.86. The molecule has 0 bridgehead atoms. The fourth-order valence-corrected chi connectivity index (χ4v) is 1.70. The molecule has 16 heavy (non-hydrogen) atoms. The van der Waals surface area contributed by atoms with Crippen LogP contribution < -0.4 is 10.2 Å². The second-order valence-electron chi connectivity index (χ2n) is 3.55. The fraction of sp³-hybridized carbons (Fsp3) is 0.273. The van der Waals surface area contributed by atoms with Crippen LogP contribution in [-0.2, 0) is 11.3 Å². The first-order chi connectivity index (χ1) is 7.63. The Morgan fingerprint density at radius 1 is 1.50 bits per heavy atom. The summed E-state index contributed by atoms with van der Waals surface area (Å²) in [6.07, 6.45) is 0. The molecule has 5 heteroatoms.